The molecule has 8 aromatic rings. The number of nitrogens with zero attached hydrogens (tertiary/aromatic N) is 3. The third-order valence-corrected chi connectivity index (χ3v) is 8.89. The van der Waals surface area contributed by atoms with Crippen LogP contribution in [0.5, 0.6) is 0 Å². The molecule has 5 heteroatoms. The highest BCUT2D eigenvalue weighted by atomic mass is 16.3. The van der Waals surface area contributed by atoms with Crippen molar-refractivity contribution in [1.29, 1.82) is 0 Å². The van der Waals surface area contributed by atoms with E-state index in [-0.39, 0.29) is 6.04 Å². The van der Waals surface area contributed by atoms with Gasteiger partial charge < -0.3 is 8.83 Å². The number of para-hydroxylation sites is 1. The predicted octanol–water partition coefficient (Wildman–Crippen LogP) is 8.09. The molecule has 0 saturated carbocycles. The number of furan rings is 2. The third-order valence-electron chi connectivity index (χ3n) is 8.89. The quantitative estimate of drug-likeness (QED) is 0.199. The maximum atomic E-state index is 6.47. The molecular weight excluding hydrogens is 542 g/mol. The fraction of sp³-hybridized carbons (Fsp3) is 0.0256. The predicted molar refractivity (Wildman–Crippen MR) is 174 cm³/mol. The van der Waals surface area contributed by atoms with Gasteiger partial charge in [0.05, 0.1) is 5.69 Å². The second-order valence-corrected chi connectivity index (χ2v) is 11.4. The average molecular weight is 567 g/mol. The average Bonchev–Trinajstić information content (AvgIpc) is 3.56. The number of hydrogen-bond acceptors (Lipinski definition) is 4. The van der Waals surface area contributed by atoms with Crippen LogP contribution in [-0.2, 0) is 0 Å². The molecule has 206 valence electrons. The third kappa shape index (κ3) is 3.29. The molecule has 0 aliphatic carbocycles. The molecule has 2 aliphatic heterocycles. The molecule has 10 rings (SSSR count). The normalized spacial score (nSPS) is 15.5. The Kier molecular flexibility index (Phi) is 4.71. The Morgan fingerprint density at radius 1 is 0.659 bits per heavy atom. The molecule has 5 nitrogen and oxygen atoms in total. The molecule has 2 aliphatic rings. The Hall–Kier alpha value is -5.94. The summed E-state index contributed by atoms with van der Waals surface area (Å²) in [4.78, 5) is 7.71. The SMILES string of the molecule is C1=C2N=c3c(oc4ccccc34)=CC1[n+]1cccc3oc4cccc(c4c31)N2c1cc(-c2ccccc2)c2ccccc2c1. The van der Waals surface area contributed by atoms with Crippen molar-refractivity contribution in [1.82, 2.24) is 0 Å². The van der Waals surface area contributed by atoms with Crippen LogP contribution < -0.4 is 20.2 Å². The maximum absolute atomic E-state index is 6.47. The lowest BCUT2D eigenvalue weighted by atomic mass is 9.96. The number of benzene rings is 5. The molecule has 0 N–H and O–H groups in total. The zero-order chi connectivity index (χ0) is 28.8. The van der Waals surface area contributed by atoms with Crippen molar-refractivity contribution < 1.29 is 13.4 Å². The largest absolute Gasteiger partial charge is 0.454 e. The number of fused-ring (bicyclic) bond motifs is 6. The van der Waals surface area contributed by atoms with E-state index < -0.39 is 0 Å². The first-order chi connectivity index (χ1) is 21.8. The summed E-state index contributed by atoms with van der Waals surface area (Å²) in [5, 5.41) is 5.27. The molecule has 0 saturated heterocycles. The van der Waals surface area contributed by atoms with Crippen LogP contribution in [0.3, 0.4) is 0 Å². The number of anilines is 2. The van der Waals surface area contributed by atoms with Crippen molar-refractivity contribution in [3.63, 3.8) is 0 Å². The van der Waals surface area contributed by atoms with E-state index in [4.69, 9.17) is 13.8 Å². The zero-order valence-corrected chi connectivity index (χ0v) is 23.5. The number of pyridine rings is 1. The van der Waals surface area contributed by atoms with Gasteiger partial charge in [-0.3, -0.25) is 4.90 Å². The van der Waals surface area contributed by atoms with Crippen LogP contribution >= 0.6 is 0 Å². The van der Waals surface area contributed by atoms with Crippen LogP contribution in [0.2, 0.25) is 0 Å². The summed E-state index contributed by atoms with van der Waals surface area (Å²) in [5.74, 6) is 0.828. The van der Waals surface area contributed by atoms with Crippen molar-refractivity contribution in [3.05, 3.63) is 150 Å². The molecule has 44 heavy (non-hydrogen) atoms. The van der Waals surface area contributed by atoms with E-state index in [1.807, 2.05) is 30.3 Å². The van der Waals surface area contributed by atoms with Gasteiger partial charge in [0.25, 0.3) is 5.52 Å². The van der Waals surface area contributed by atoms with Crippen LogP contribution in [0.4, 0.5) is 11.4 Å². The molecule has 1 unspecified atom stereocenters. The summed E-state index contributed by atoms with van der Waals surface area (Å²) < 4.78 is 15.2. The van der Waals surface area contributed by atoms with Crippen LogP contribution in [0.1, 0.15) is 6.04 Å². The summed E-state index contributed by atoms with van der Waals surface area (Å²) in [6.45, 7) is 0. The molecule has 0 amide bonds. The number of rotatable bonds is 2. The molecule has 5 heterocycles. The summed E-state index contributed by atoms with van der Waals surface area (Å²) >= 11 is 0. The fourth-order valence-electron chi connectivity index (χ4n) is 6.98. The molecule has 3 aromatic heterocycles. The van der Waals surface area contributed by atoms with E-state index in [1.54, 1.807) is 0 Å². The minimum Gasteiger partial charge on any atom is -0.454 e. The van der Waals surface area contributed by atoms with Crippen molar-refractivity contribution >= 4 is 61.3 Å². The second kappa shape index (κ2) is 8.79. The van der Waals surface area contributed by atoms with Crippen molar-refractivity contribution in [2.45, 2.75) is 6.04 Å². The Morgan fingerprint density at radius 2 is 1.45 bits per heavy atom. The Labute approximate surface area is 251 Å². The molecule has 0 fully saturated rings. The first-order valence-corrected chi connectivity index (χ1v) is 14.8. The molecule has 0 radical (unpaired) electrons. The molecule has 2 bridgehead atoms. The summed E-state index contributed by atoms with van der Waals surface area (Å²) in [7, 11) is 0. The minimum absolute atomic E-state index is 0.162. The van der Waals surface area contributed by atoms with Crippen molar-refractivity contribution in [2.75, 3.05) is 4.90 Å². The zero-order valence-electron chi connectivity index (χ0n) is 23.5. The van der Waals surface area contributed by atoms with Gasteiger partial charge in [-0.25, -0.2) is 4.99 Å². The molecule has 1 atom stereocenters. The maximum Gasteiger partial charge on any atom is 0.262 e. The lowest BCUT2D eigenvalue weighted by Gasteiger charge is -2.28. The van der Waals surface area contributed by atoms with Crippen LogP contribution in [0.15, 0.2) is 153 Å². The van der Waals surface area contributed by atoms with Gasteiger partial charge in [0, 0.05) is 29.3 Å². The second-order valence-electron chi connectivity index (χ2n) is 11.4. The van der Waals surface area contributed by atoms with Gasteiger partial charge in [0.15, 0.2) is 17.2 Å². The van der Waals surface area contributed by atoms with Gasteiger partial charge in [0.1, 0.15) is 27.7 Å². The first kappa shape index (κ1) is 23.6. The van der Waals surface area contributed by atoms with Gasteiger partial charge in [-0.2, -0.15) is 4.57 Å². The van der Waals surface area contributed by atoms with Crippen molar-refractivity contribution in [2.24, 2.45) is 4.99 Å². The standard InChI is InChI=1S/C39H24N3O2/c1-2-10-24(11-3-1)30-21-27(20-25-12-4-5-13-28(25)30)42-31-15-8-17-33-37(31)39-34(44-33)18-9-19-41(39)26-22-35-38(40-36(42)23-26)29-14-6-7-16-32(29)43-35/h1-23,26H/q+1. The number of aromatic nitrogens is 1. The molecule has 5 aromatic carbocycles. The molecular formula is C39H24N3O2+. The lowest BCUT2D eigenvalue weighted by Crippen LogP contribution is -2.39. The van der Waals surface area contributed by atoms with Gasteiger partial charge in [-0.15, -0.1) is 0 Å². The van der Waals surface area contributed by atoms with E-state index in [2.05, 4.69) is 119 Å². The fourth-order valence-corrected chi connectivity index (χ4v) is 6.98. The Bertz CT molecular complexity index is 2630. The molecule has 0 spiro atoms. The van der Waals surface area contributed by atoms with Gasteiger partial charge in [-0.05, 0) is 64.4 Å². The first-order valence-electron chi connectivity index (χ1n) is 14.8. The number of hydrogen-bond donors (Lipinski definition) is 0. The lowest BCUT2D eigenvalue weighted by molar-refractivity contribution is -0.671. The highest BCUT2D eigenvalue weighted by Gasteiger charge is 2.33. The van der Waals surface area contributed by atoms with E-state index in [9.17, 15) is 0 Å². The summed E-state index contributed by atoms with van der Waals surface area (Å²) in [5.41, 5.74) is 8.70. The van der Waals surface area contributed by atoms with Gasteiger partial charge in [0.2, 0.25) is 6.04 Å². The smallest absolute Gasteiger partial charge is 0.262 e. The highest BCUT2D eigenvalue weighted by molar-refractivity contribution is 6.10. The van der Waals surface area contributed by atoms with E-state index >= 15 is 0 Å². The monoisotopic (exact) mass is 566 g/mol. The highest BCUT2D eigenvalue weighted by Crippen LogP contribution is 2.44. The topological polar surface area (TPSA) is 45.8 Å². The van der Waals surface area contributed by atoms with Crippen LogP contribution in [0.25, 0.3) is 61.0 Å². The number of allylic oxidation sites excluding steroid dienone is 1. The minimum atomic E-state index is -0.162. The van der Waals surface area contributed by atoms with Crippen LogP contribution in [0, 0.1) is 0 Å². The van der Waals surface area contributed by atoms with Crippen LogP contribution in [-0.4, -0.2) is 0 Å². The van der Waals surface area contributed by atoms with Gasteiger partial charge >= 0.3 is 0 Å². The van der Waals surface area contributed by atoms with E-state index in [0.29, 0.717) is 0 Å². The Morgan fingerprint density at radius 3 is 2.39 bits per heavy atom. The Balaban J connectivity index is 1.37. The summed E-state index contributed by atoms with van der Waals surface area (Å²) in [6.07, 6.45) is 6.53. The van der Waals surface area contributed by atoms with Crippen molar-refractivity contribution in [3.8, 4) is 11.1 Å². The van der Waals surface area contributed by atoms with E-state index in [0.717, 1.165) is 66.4 Å². The van der Waals surface area contributed by atoms with E-state index in [1.165, 1.54) is 16.5 Å². The van der Waals surface area contributed by atoms with Gasteiger partial charge in [-0.1, -0.05) is 72.8 Å². The summed E-state index contributed by atoms with van der Waals surface area (Å²) in [6, 6.07) is 42.1.